The summed E-state index contributed by atoms with van der Waals surface area (Å²) in [5, 5.41) is 3.94. The Balaban J connectivity index is 2.14. The van der Waals surface area contributed by atoms with E-state index in [-0.39, 0.29) is 6.04 Å². The summed E-state index contributed by atoms with van der Waals surface area (Å²) in [5.74, 6) is 0.684. The molecule has 0 spiro atoms. The average molecular weight is 161 g/mol. The van der Waals surface area contributed by atoms with Gasteiger partial charge in [-0.05, 0) is 5.56 Å². The van der Waals surface area contributed by atoms with E-state index in [1.165, 1.54) is 5.56 Å². The molecule has 1 aromatic rings. The van der Waals surface area contributed by atoms with E-state index in [2.05, 4.69) is 22.7 Å². The molecule has 1 aliphatic heterocycles. The fourth-order valence-electron chi connectivity index (χ4n) is 1.34. The SMILES string of the molecule is NC1=NNC(c2ccccc2)C1. The van der Waals surface area contributed by atoms with Crippen molar-refractivity contribution in [3.63, 3.8) is 0 Å². The number of hydrogen-bond acceptors (Lipinski definition) is 3. The van der Waals surface area contributed by atoms with Crippen molar-refractivity contribution in [2.75, 3.05) is 0 Å². The summed E-state index contributed by atoms with van der Waals surface area (Å²) in [6.45, 7) is 0. The molecule has 2 rings (SSSR count). The fraction of sp³-hybridized carbons (Fsp3) is 0.222. The lowest BCUT2D eigenvalue weighted by Crippen LogP contribution is -2.11. The number of nitrogens with two attached hydrogens (primary N) is 1. The van der Waals surface area contributed by atoms with Gasteiger partial charge in [-0.2, -0.15) is 5.10 Å². The predicted molar refractivity (Wildman–Crippen MR) is 48.6 cm³/mol. The monoisotopic (exact) mass is 161 g/mol. The highest BCUT2D eigenvalue weighted by Crippen LogP contribution is 2.19. The molecular weight excluding hydrogens is 150 g/mol. The number of rotatable bonds is 1. The third-order valence-corrected chi connectivity index (χ3v) is 1.98. The Kier molecular flexibility index (Phi) is 1.70. The maximum Gasteiger partial charge on any atom is 0.122 e. The summed E-state index contributed by atoms with van der Waals surface area (Å²) in [6.07, 6.45) is 0.810. The van der Waals surface area contributed by atoms with Crippen LogP contribution in [-0.2, 0) is 0 Å². The molecule has 0 amide bonds. The molecule has 0 bridgehead atoms. The van der Waals surface area contributed by atoms with Gasteiger partial charge in [-0.3, -0.25) is 0 Å². The molecule has 0 saturated carbocycles. The van der Waals surface area contributed by atoms with Gasteiger partial charge >= 0.3 is 0 Å². The quantitative estimate of drug-likeness (QED) is 0.645. The van der Waals surface area contributed by atoms with E-state index in [1.54, 1.807) is 0 Å². The van der Waals surface area contributed by atoms with Crippen LogP contribution in [0.1, 0.15) is 18.0 Å². The smallest absolute Gasteiger partial charge is 0.122 e. The zero-order valence-electron chi connectivity index (χ0n) is 6.70. The van der Waals surface area contributed by atoms with Crippen molar-refractivity contribution >= 4 is 5.84 Å². The van der Waals surface area contributed by atoms with Gasteiger partial charge in [-0.1, -0.05) is 30.3 Å². The molecule has 12 heavy (non-hydrogen) atoms. The van der Waals surface area contributed by atoms with E-state index in [0.29, 0.717) is 5.84 Å². The lowest BCUT2D eigenvalue weighted by molar-refractivity contribution is 0.620. The van der Waals surface area contributed by atoms with E-state index in [4.69, 9.17) is 5.73 Å². The zero-order valence-corrected chi connectivity index (χ0v) is 6.70. The molecule has 3 nitrogen and oxygen atoms in total. The van der Waals surface area contributed by atoms with Gasteiger partial charge in [0.25, 0.3) is 0 Å². The lowest BCUT2D eigenvalue weighted by atomic mass is 10.1. The first-order valence-electron chi connectivity index (χ1n) is 3.99. The third-order valence-electron chi connectivity index (χ3n) is 1.98. The van der Waals surface area contributed by atoms with Crippen molar-refractivity contribution in [3.05, 3.63) is 35.9 Å². The van der Waals surface area contributed by atoms with Gasteiger partial charge in [-0.25, -0.2) is 0 Å². The second-order valence-corrected chi connectivity index (χ2v) is 2.90. The van der Waals surface area contributed by atoms with Crippen molar-refractivity contribution in [3.8, 4) is 0 Å². The molecular formula is C9H11N3. The summed E-state index contributed by atoms with van der Waals surface area (Å²) in [5.41, 5.74) is 9.77. The number of hydrazone groups is 1. The lowest BCUT2D eigenvalue weighted by Gasteiger charge is -2.08. The molecule has 1 aromatic carbocycles. The number of nitrogens with one attached hydrogen (secondary N) is 1. The second-order valence-electron chi connectivity index (χ2n) is 2.90. The van der Waals surface area contributed by atoms with Crippen LogP contribution in [-0.4, -0.2) is 5.84 Å². The summed E-state index contributed by atoms with van der Waals surface area (Å²) in [4.78, 5) is 0. The number of hydrogen-bond donors (Lipinski definition) is 2. The predicted octanol–water partition coefficient (Wildman–Crippen LogP) is 0.993. The van der Waals surface area contributed by atoms with Crippen LogP contribution < -0.4 is 11.2 Å². The summed E-state index contributed by atoms with van der Waals surface area (Å²) in [7, 11) is 0. The molecule has 0 aliphatic carbocycles. The molecule has 1 unspecified atom stereocenters. The Morgan fingerprint density at radius 2 is 2.08 bits per heavy atom. The molecule has 1 aliphatic rings. The van der Waals surface area contributed by atoms with Crippen LogP contribution in [0.3, 0.4) is 0 Å². The first-order chi connectivity index (χ1) is 5.86. The number of amidine groups is 1. The van der Waals surface area contributed by atoms with E-state index in [9.17, 15) is 0 Å². The molecule has 3 N–H and O–H groups in total. The largest absolute Gasteiger partial charge is 0.386 e. The molecule has 1 heterocycles. The highest BCUT2D eigenvalue weighted by molar-refractivity contribution is 5.82. The van der Waals surface area contributed by atoms with Crippen molar-refractivity contribution in [1.82, 2.24) is 5.43 Å². The van der Waals surface area contributed by atoms with Crippen LogP contribution in [0.2, 0.25) is 0 Å². The maximum absolute atomic E-state index is 5.55. The highest BCUT2D eigenvalue weighted by atomic mass is 15.3. The molecule has 0 fully saturated rings. The molecule has 3 heteroatoms. The Labute approximate surface area is 71.3 Å². The minimum atomic E-state index is 0.270. The third kappa shape index (κ3) is 1.25. The van der Waals surface area contributed by atoms with E-state index in [0.717, 1.165) is 6.42 Å². The molecule has 1 atom stereocenters. The van der Waals surface area contributed by atoms with Crippen molar-refractivity contribution in [2.24, 2.45) is 10.8 Å². The summed E-state index contributed by atoms with van der Waals surface area (Å²) >= 11 is 0. The minimum Gasteiger partial charge on any atom is -0.386 e. The van der Waals surface area contributed by atoms with Crippen LogP contribution in [0, 0.1) is 0 Å². The topological polar surface area (TPSA) is 50.4 Å². The standard InChI is InChI=1S/C9H11N3/c10-9-6-8(11-12-9)7-4-2-1-3-5-7/h1-5,8,11H,6H2,(H2,10,12). The van der Waals surface area contributed by atoms with Gasteiger partial charge in [0, 0.05) is 6.42 Å². The Morgan fingerprint density at radius 3 is 2.67 bits per heavy atom. The van der Waals surface area contributed by atoms with Gasteiger partial charge in [0.05, 0.1) is 6.04 Å². The van der Waals surface area contributed by atoms with Gasteiger partial charge < -0.3 is 11.2 Å². The highest BCUT2D eigenvalue weighted by Gasteiger charge is 2.16. The first-order valence-corrected chi connectivity index (χ1v) is 3.99. The molecule has 0 radical (unpaired) electrons. The first kappa shape index (κ1) is 7.16. The molecule has 0 saturated heterocycles. The maximum atomic E-state index is 5.55. The zero-order chi connectivity index (χ0) is 8.39. The molecule has 62 valence electrons. The van der Waals surface area contributed by atoms with E-state index >= 15 is 0 Å². The number of benzene rings is 1. The van der Waals surface area contributed by atoms with Gasteiger partial charge in [0.1, 0.15) is 5.84 Å². The van der Waals surface area contributed by atoms with Gasteiger partial charge in [0.15, 0.2) is 0 Å². The van der Waals surface area contributed by atoms with Gasteiger partial charge in [-0.15, -0.1) is 0 Å². The van der Waals surface area contributed by atoms with Crippen LogP contribution in [0.4, 0.5) is 0 Å². The Morgan fingerprint density at radius 1 is 1.33 bits per heavy atom. The van der Waals surface area contributed by atoms with E-state index < -0.39 is 0 Å². The van der Waals surface area contributed by atoms with Crippen LogP contribution in [0.25, 0.3) is 0 Å². The second kappa shape index (κ2) is 2.85. The van der Waals surface area contributed by atoms with E-state index in [1.807, 2.05) is 18.2 Å². The van der Waals surface area contributed by atoms with Gasteiger partial charge in [0.2, 0.25) is 0 Å². The van der Waals surface area contributed by atoms with Crippen LogP contribution >= 0.6 is 0 Å². The van der Waals surface area contributed by atoms with Crippen LogP contribution in [0.5, 0.6) is 0 Å². The van der Waals surface area contributed by atoms with Crippen molar-refractivity contribution in [1.29, 1.82) is 0 Å². The Bertz CT molecular complexity index is 292. The van der Waals surface area contributed by atoms with Crippen LogP contribution in [0.15, 0.2) is 35.4 Å². The normalized spacial score (nSPS) is 21.7. The minimum absolute atomic E-state index is 0.270. The average Bonchev–Trinajstić information content (AvgIpc) is 2.54. The van der Waals surface area contributed by atoms with Crippen molar-refractivity contribution in [2.45, 2.75) is 12.5 Å². The number of nitrogens with zero attached hydrogens (tertiary/aromatic N) is 1. The van der Waals surface area contributed by atoms with Crippen molar-refractivity contribution < 1.29 is 0 Å². The summed E-state index contributed by atoms with van der Waals surface area (Å²) in [6, 6.07) is 10.5. The molecule has 0 aromatic heterocycles. The summed E-state index contributed by atoms with van der Waals surface area (Å²) < 4.78 is 0. The fourth-order valence-corrected chi connectivity index (χ4v) is 1.34. The Hall–Kier alpha value is -1.51.